The van der Waals surface area contributed by atoms with Gasteiger partial charge in [0.15, 0.2) is 5.60 Å². The lowest BCUT2D eigenvalue weighted by Gasteiger charge is -2.42. The van der Waals surface area contributed by atoms with E-state index in [0.29, 0.717) is 18.8 Å². The summed E-state index contributed by atoms with van der Waals surface area (Å²) in [5.41, 5.74) is -2.41. The molecule has 0 amide bonds. The van der Waals surface area contributed by atoms with Crippen LogP contribution in [0, 0.1) is 0 Å². The van der Waals surface area contributed by atoms with E-state index in [2.05, 4.69) is 4.98 Å². The summed E-state index contributed by atoms with van der Waals surface area (Å²) in [6, 6.07) is 8.64. The van der Waals surface area contributed by atoms with E-state index < -0.39 is 28.7 Å². The summed E-state index contributed by atoms with van der Waals surface area (Å²) in [5.74, 6) is 0. The topological polar surface area (TPSA) is 78.7 Å². The highest BCUT2D eigenvalue weighted by molar-refractivity contribution is 7.91. The van der Waals surface area contributed by atoms with Gasteiger partial charge in [0.1, 0.15) is 10.9 Å². The normalized spacial score (nSPS) is 19.7. The van der Waals surface area contributed by atoms with E-state index in [0.717, 1.165) is 11.3 Å². The molecule has 2 aromatic heterocycles. The number of anilines is 1. The third-order valence-corrected chi connectivity index (χ3v) is 9.02. The van der Waals surface area contributed by atoms with E-state index in [9.17, 15) is 26.7 Å². The Morgan fingerprint density at radius 2 is 1.97 bits per heavy atom. The van der Waals surface area contributed by atoms with Crippen molar-refractivity contribution in [2.75, 3.05) is 31.2 Å². The van der Waals surface area contributed by atoms with Gasteiger partial charge in [0, 0.05) is 44.3 Å². The Labute approximate surface area is 193 Å². The Balaban J connectivity index is 1.61. The molecule has 1 aromatic carbocycles. The molecule has 4 rings (SSSR count). The van der Waals surface area contributed by atoms with Crippen molar-refractivity contribution >= 4 is 27.0 Å². The van der Waals surface area contributed by atoms with Crippen molar-refractivity contribution in [2.45, 2.75) is 28.8 Å². The fourth-order valence-electron chi connectivity index (χ4n) is 3.92. The van der Waals surface area contributed by atoms with Gasteiger partial charge in [-0.05, 0) is 29.1 Å². The molecule has 1 saturated heterocycles. The number of hydrogen-bond acceptors (Lipinski definition) is 6. The Kier molecular flexibility index (Phi) is 6.80. The molecule has 1 unspecified atom stereocenters. The molecule has 7 nitrogen and oxygen atoms in total. The predicted octanol–water partition coefficient (Wildman–Crippen LogP) is 2.95. The minimum Gasteiger partial charge on any atom is -0.377 e. The molecule has 0 saturated carbocycles. The second kappa shape index (κ2) is 9.45. The van der Waals surface area contributed by atoms with Crippen molar-refractivity contribution in [1.29, 1.82) is 0 Å². The number of nitrogens with zero attached hydrogens (tertiary/aromatic N) is 4. The number of rotatable bonds is 8. The molecule has 12 heteroatoms. The molecule has 33 heavy (non-hydrogen) atoms. The molecular weight excluding hydrogens is 477 g/mol. The number of hydrogen-bond donors (Lipinski definition) is 1. The maximum Gasteiger partial charge on any atom is 0.273 e. The SMILES string of the molecule is O=S(=O)(c1cccs1)N1CCN(c2ccc(C(O)(CF)C(F)F)cc2)[C@@H](Cn2ccnc2)C1. The standard InChI is InChI=1S/C21H23F3N4O3S2/c22-14-21(29,20(23)24)16-3-5-17(6-4-16)28-10-9-27(33(30,31)19-2-1-11-32-19)13-18(28)12-26-8-7-25-15-26/h1-8,11,15,18,20,29H,9-10,12-14H2/t18-,21?/m0/s1. The number of aliphatic hydroxyl groups is 1. The van der Waals surface area contributed by atoms with Crippen LogP contribution in [-0.4, -0.2) is 66.2 Å². The van der Waals surface area contributed by atoms with Crippen molar-refractivity contribution < 1.29 is 26.7 Å². The summed E-state index contributed by atoms with van der Waals surface area (Å²) in [5, 5.41) is 11.7. The van der Waals surface area contributed by atoms with Crippen molar-refractivity contribution in [3.05, 3.63) is 66.1 Å². The first-order valence-electron chi connectivity index (χ1n) is 10.2. The minimum atomic E-state index is -3.63. The van der Waals surface area contributed by atoms with Crippen LogP contribution in [0.4, 0.5) is 18.9 Å². The Morgan fingerprint density at radius 3 is 2.55 bits per heavy atom. The van der Waals surface area contributed by atoms with Crippen LogP contribution >= 0.6 is 11.3 Å². The van der Waals surface area contributed by atoms with Gasteiger partial charge in [-0.25, -0.2) is 26.6 Å². The molecule has 178 valence electrons. The van der Waals surface area contributed by atoms with Crippen LogP contribution in [0.3, 0.4) is 0 Å². The third-order valence-electron chi connectivity index (χ3n) is 5.78. The Morgan fingerprint density at radius 1 is 1.21 bits per heavy atom. The van der Waals surface area contributed by atoms with Crippen LogP contribution in [0.1, 0.15) is 5.56 Å². The second-order valence-corrected chi connectivity index (χ2v) is 10.9. The number of aromatic nitrogens is 2. The molecule has 3 heterocycles. The highest BCUT2D eigenvalue weighted by Gasteiger charge is 2.40. The molecule has 1 aliphatic heterocycles. The Hall–Kier alpha value is -2.41. The van der Waals surface area contributed by atoms with Crippen LogP contribution in [0.25, 0.3) is 0 Å². The molecule has 0 bridgehead atoms. The quantitative estimate of drug-likeness (QED) is 0.515. The fraction of sp³-hybridized carbons (Fsp3) is 0.381. The van der Waals surface area contributed by atoms with Crippen LogP contribution in [0.15, 0.2) is 64.7 Å². The monoisotopic (exact) mass is 500 g/mol. The average Bonchev–Trinajstić information content (AvgIpc) is 3.53. The number of alkyl halides is 3. The first-order chi connectivity index (χ1) is 15.8. The molecule has 3 aromatic rings. The number of piperazine rings is 1. The molecule has 0 spiro atoms. The van der Waals surface area contributed by atoms with E-state index in [-0.39, 0.29) is 28.9 Å². The fourth-order valence-corrected chi connectivity index (χ4v) is 6.53. The first-order valence-corrected chi connectivity index (χ1v) is 12.5. The summed E-state index contributed by atoms with van der Waals surface area (Å²) in [6.07, 6.45) is 1.77. The summed E-state index contributed by atoms with van der Waals surface area (Å²) in [7, 11) is -3.63. The lowest BCUT2D eigenvalue weighted by Crippen LogP contribution is -2.56. The van der Waals surface area contributed by atoms with Gasteiger partial charge in [0.2, 0.25) is 0 Å². The lowest BCUT2D eigenvalue weighted by atomic mass is 9.95. The van der Waals surface area contributed by atoms with Gasteiger partial charge < -0.3 is 14.6 Å². The largest absolute Gasteiger partial charge is 0.377 e. The zero-order valence-electron chi connectivity index (χ0n) is 17.5. The summed E-state index contributed by atoms with van der Waals surface area (Å²) in [4.78, 5) is 6.03. The molecule has 0 aliphatic carbocycles. The van der Waals surface area contributed by atoms with Gasteiger partial charge in [-0.1, -0.05) is 18.2 Å². The number of halogens is 3. The van der Waals surface area contributed by atoms with Gasteiger partial charge in [-0.15, -0.1) is 11.3 Å². The van der Waals surface area contributed by atoms with E-state index >= 15 is 0 Å². The molecule has 1 aliphatic rings. The van der Waals surface area contributed by atoms with Gasteiger partial charge in [0.05, 0.1) is 12.4 Å². The molecule has 1 N–H and O–H groups in total. The first kappa shape index (κ1) is 23.7. The lowest BCUT2D eigenvalue weighted by molar-refractivity contribution is -0.114. The highest BCUT2D eigenvalue weighted by atomic mass is 32.2. The van der Waals surface area contributed by atoms with E-state index in [1.165, 1.54) is 16.4 Å². The molecular formula is C21H23F3N4O3S2. The van der Waals surface area contributed by atoms with Crippen LogP contribution in [-0.2, 0) is 22.2 Å². The van der Waals surface area contributed by atoms with Crippen LogP contribution in [0.5, 0.6) is 0 Å². The molecule has 0 radical (unpaired) electrons. The van der Waals surface area contributed by atoms with Crippen LogP contribution in [0.2, 0.25) is 0 Å². The molecule has 1 fully saturated rings. The summed E-state index contributed by atoms with van der Waals surface area (Å²) < 4.78 is 69.2. The van der Waals surface area contributed by atoms with Crippen LogP contribution < -0.4 is 4.90 Å². The van der Waals surface area contributed by atoms with Gasteiger partial charge >= 0.3 is 0 Å². The van der Waals surface area contributed by atoms with Crippen molar-refractivity contribution in [3.8, 4) is 0 Å². The Bertz CT molecular complexity index is 1140. The van der Waals surface area contributed by atoms with Crippen molar-refractivity contribution in [2.24, 2.45) is 0 Å². The van der Waals surface area contributed by atoms with Crippen molar-refractivity contribution in [3.63, 3.8) is 0 Å². The number of benzene rings is 1. The van der Waals surface area contributed by atoms with E-state index in [1.807, 2.05) is 9.47 Å². The number of sulfonamides is 1. The van der Waals surface area contributed by atoms with Gasteiger partial charge in [0.25, 0.3) is 16.4 Å². The van der Waals surface area contributed by atoms with Gasteiger partial charge in [-0.3, -0.25) is 0 Å². The molecule has 2 atom stereocenters. The third kappa shape index (κ3) is 4.65. The minimum absolute atomic E-state index is 0.214. The summed E-state index contributed by atoms with van der Waals surface area (Å²) in [6.45, 7) is -0.332. The maximum absolute atomic E-state index is 13.2. The predicted molar refractivity (Wildman–Crippen MR) is 119 cm³/mol. The zero-order valence-corrected chi connectivity index (χ0v) is 19.1. The van der Waals surface area contributed by atoms with Gasteiger partial charge in [-0.2, -0.15) is 4.31 Å². The second-order valence-electron chi connectivity index (χ2n) is 7.81. The smallest absolute Gasteiger partial charge is 0.273 e. The number of thiophene rings is 1. The zero-order chi connectivity index (χ0) is 23.6. The van der Waals surface area contributed by atoms with Crippen molar-refractivity contribution in [1.82, 2.24) is 13.9 Å². The van der Waals surface area contributed by atoms with E-state index in [4.69, 9.17) is 0 Å². The summed E-state index contributed by atoms with van der Waals surface area (Å²) >= 11 is 1.16. The maximum atomic E-state index is 13.2. The number of imidazole rings is 1. The highest BCUT2D eigenvalue weighted by Crippen LogP contribution is 2.32. The van der Waals surface area contributed by atoms with E-state index in [1.54, 1.807) is 48.4 Å². The average molecular weight is 501 g/mol.